The summed E-state index contributed by atoms with van der Waals surface area (Å²) in [4.78, 5) is 27.2. The number of carbonyl (C=O) groups is 2. The monoisotopic (exact) mass is 449 g/mol. The molecule has 3 aliphatic rings. The number of aromatic nitrogens is 3. The van der Waals surface area contributed by atoms with Crippen molar-refractivity contribution in [3.05, 3.63) is 11.4 Å². The summed E-state index contributed by atoms with van der Waals surface area (Å²) in [5.41, 5.74) is 2.10. The molecule has 1 saturated carbocycles. The molecule has 3 atom stereocenters. The van der Waals surface area contributed by atoms with Crippen LogP contribution in [0.15, 0.2) is 4.36 Å². The molecule has 1 aliphatic heterocycles. The number of hydrogen-bond acceptors (Lipinski definition) is 5. The van der Waals surface area contributed by atoms with E-state index in [1.54, 1.807) is 9.58 Å². The molecule has 4 rings (SSSR count). The number of fused-ring (bicyclic) bond motifs is 1. The van der Waals surface area contributed by atoms with Crippen LogP contribution in [0.5, 0.6) is 0 Å². The summed E-state index contributed by atoms with van der Waals surface area (Å²) in [5, 5.41) is 8.41. The van der Waals surface area contributed by atoms with Crippen molar-refractivity contribution in [2.24, 2.45) is 16.2 Å². The van der Waals surface area contributed by atoms with E-state index in [0.29, 0.717) is 43.5 Å². The van der Waals surface area contributed by atoms with Gasteiger partial charge in [-0.25, -0.2) is 8.89 Å². The zero-order valence-corrected chi connectivity index (χ0v) is 19.4. The predicted octanol–water partition coefficient (Wildman–Crippen LogP) is 2.60. The molecule has 0 aromatic carbocycles. The Morgan fingerprint density at radius 2 is 1.94 bits per heavy atom. The van der Waals surface area contributed by atoms with E-state index in [4.69, 9.17) is 0 Å². The SMILES string of the molecule is CC1CCCC(CC(=O)N=S2(=O)CCCN(C(=O)Cn3nnc4c3CCCC4)CC2)C1. The van der Waals surface area contributed by atoms with Gasteiger partial charge in [-0.15, -0.1) is 5.10 Å². The minimum Gasteiger partial charge on any atom is -0.340 e. The number of nitrogens with zero attached hydrogens (tertiary/aromatic N) is 5. The van der Waals surface area contributed by atoms with Crippen molar-refractivity contribution in [2.45, 2.75) is 77.7 Å². The molecule has 1 aromatic rings. The second-order valence-corrected chi connectivity index (χ2v) is 12.1. The summed E-state index contributed by atoms with van der Waals surface area (Å²) in [6.45, 7) is 3.35. The Labute approximate surface area is 185 Å². The highest BCUT2D eigenvalue weighted by atomic mass is 32.2. The summed E-state index contributed by atoms with van der Waals surface area (Å²) in [6.07, 6.45) is 9.66. The second kappa shape index (κ2) is 9.79. The van der Waals surface area contributed by atoms with E-state index in [-0.39, 0.29) is 24.1 Å². The minimum atomic E-state index is -2.59. The first-order valence-corrected chi connectivity index (χ1v) is 13.7. The second-order valence-electron chi connectivity index (χ2n) is 9.59. The summed E-state index contributed by atoms with van der Waals surface area (Å²) in [7, 11) is -2.59. The molecule has 1 aromatic heterocycles. The van der Waals surface area contributed by atoms with Gasteiger partial charge in [0.25, 0.3) is 5.91 Å². The lowest BCUT2D eigenvalue weighted by atomic mass is 9.81. The van der Waals surface area contributed by atoms with Crippen LogP contribution in [0.2, 0.25) is 0 Å². The Balaban J connectivity index is 1.34. The Morgan fingerprint density at radius 1 is 1.10 bits per heavy atom. The van der Waals surface area contributed by atoms with E-state index in [9.17, 15) is 13.8 Å². The van der Waals surface area contributed by atoms with Crippen LogP contribution >= 0.6 is 0 Å². The van der Waals surface area contributed by atoms with Crippen molar-refractivity contribution in [3.63, 3.8) is 0 Å². The zero-order chi connectivity index (χ0) is 21.8. The first-order chi connectivity index (χ1) is 14.9. The van der Waals surface area contributed by atoms with Gasteiger partial charge in [-0.05, 0) is 56.8 Å². The van der Waals surface area contributed by atoms with Crippen LogP contribution in [0.25, 0.3) is 0 Å². The number of amides is 2. The lowest BCUT2D eigenvalue weighted by molar-refractivity contribution is -0.131. The van der Waals surface area contributed by atoms with Crippen molar-refractivity contribution in [1.29, 1.82) is 0 Å². The molecule has 1 saturated heterocycles. The Hall–Kier alpha value is -1.77. The molecule has 0 radical (unpaired) electrons. The fourth-order valence-corrected chi connectivity index (χ4v) is 7.20. The molecule has 3 unspecified atom stereocenters. The van der Waals surface area contributed by atoms with Crippen LogP contribution in [0, 0.1) is 11.8 Å². The molecule has 2 amide bonds. The molecular weight excluding hydrogens is 414 g/mol. The molecule has 172 valence electrons. The fourth-order valence-electron chi connectivity index (χ4n) is 5.28. The zero-order valence-electron chi connectivity index (χ0n) is 18.6. The molecule has 0 bridgehead atoms. The molecule has 2 aliphatic carbocycles. The average Bonchev–Trinajstić information content (AvgIpc) is 3.02. The third kappa shape index (κ3) is 5.73. The minimum absolute atomic E-state index is 0.0237. The van der Waals surface area contributed by atoms with Gasteiger partial charge in [0, 0.05) is 31.0 Å². The largest absolute Gasteiger partial charge is 0.340 e. The smallest absolute Gasteiger partial charge is 0.254 e. The molecule has 0 N–H and O–H groups in total. The molecule has 2 fully saturated rings. The average molecular weight is 450 g/mol. The summed E-state index contributed by atoms with van der Waals surface area (Å²) in [6, 6.07) is 0. The van der Waals surface area contributed by atoms with Gasteiger partial charge in [-0.3, -0.25) is 9.59 Å². The standard InChI is InChI=1S/C22H35N5O3S/c1-17-6-4-7-18(14-17)15-21(28)24-31(30)12-5-10-26(11-13-31)22(29)16-27-20-9-3-2-8-19(20)23-25-27/h17-18H,2-16H2,1H3. The summed E-state index contributed by atoms with van der Waals surface area (Å²) < 4.78 is 19.2. The molecule has 0 spiro atoms. The lowest BCUT2D eigenvalue weighted by Crippen LogP contribution is -2.36. The van der Waals surface area contributed by atoms with Crippen LogP contribution in [0.1, 0.15) is 69.7 Å². The van der Waals surface area contributed by atoms with Crippen LogP contribution < -0.4 is 0 Å². The van der Waals surface area contributed by atoms with Gasteiger partial charge in [0.1, 0.15) is 6.54 Å². The Morgan fingerprint density at radius 3 is 2.77 bits per heavy atom. The summed E-state index contributed by atoms with van der Waals surface area (Å²) >= 11 is 0. The number of hydrogen-bond donors (Lipinski definition) is 0. The molecule has 2 heterocycles. The topological polar surface area (TPSA) is 97.5 Å². The highest BCUT2D eigenvalue weighted by molar-refractivity contribution is 7.93. The van der Waals surface area contributed by atoms with Gasteiger partial charge in [0.2, 0.25) is 5.91 Å². The normalized spacial score (nSPS) is 29.1. The van der Waals surface area contributed by atoms with Crippen molar-refractivity contribution in [3.8, 4) is 0 Å². The van der Waals surface area contributed by atoms with Crippen LogP contribution in [0.4, 0.5) is 0 Å². The molecule has 31 heavy (non-hydrogen) atoms. The van der Waals surface area contributed by atoms with Gasteiger partial charge in [0.05, 0.1) is 21.1 Å². The van der Waals surface area contributed by atoms with Gasteiger partial charge in [-0.1, -0.05) is 25.0 Å². The third-order valence-electron chi connectivity index (χ3n) is 6.98. The van der Waals surface area contributed by atoms with Gasteiger partial charge < -0.3 is 4.90 Å². The van der Waals surface area contributed by atoms with Crippen molar-refractivity contribution in [2.75, 3.05) is 24.6 Å². The van der Waals surface area contributed by atoms with E-state index in [0.717, 1.165) is 49.9 Å². The van der Waals surface area contributed by atoms with Crippen molar-refractivity contribution < 1.29 is 13.8 Å². The quantitative estimate of drug-likeness (QED) is 0.704. The first-order valence-electron chi connectivity index (χ1n) is 11.9. The van der Waals surface area contributed by atoms with Crippen LogP contribution in [-0.4, -0.2) is 60.5 Å². The molecule has 9 heteroatoms. The summed E-state index contributed by atoms with van der Waals surface area (Å²) in [5.74, 6) is 1.47. The van der Waals surface area contributed by atoms with Crippen molar-refractivity contribution in [1.82, 2.24) is 19.9 Å². The molecule has 8 nitrogen and oxygen atoms in total. The predicted molar refractivity (Wildman–Crippen MR) is 119 cm³/mol. The van der Waals surface area contributed by atoms with Gasteiger partial charge in [0.15, 0.2) is 0 Å². The number of rotatable bonds is 4. The lowest BCUT2D eigenvalue weighted by Gasteiger charge is -2.25. The Bertz CT molecular complexity index is 934. The maximum Gasteiger partial charge on any atom is 0.254 e. The van der Waals surface area contributed by atoms with E-state index in [2.05, 4.69) is 21.6 Å². The maximum atomic E-state index is 13.3. The van der Waals surface area contributed by atoms with E-state index in [1.165, 1.54) is 12.8 Å². The first kappa shape index (κ1) is 22.4. The molecular formula is C22H35N5O3S. The van der Waals surface area contributed by atoms with Crippen molar-refractivity contribution >= 4 is 21.5 Å². The van der Waals surface area contributed by atoms with Crippen LogP contribution in [-0.2, 0) is 38.7 Å². The van der Waals surface area contributed by atoms with Crippen LogP contribution in [0.3, 0.4) is 0 Å². The highest BCUT2D eigenvalue weighted by Crippen LogP contribution is 2.31. The highest BCUT2D eigenvalue weighted by Gasteiger charge is 2.26. The number of carbonyl (C=O) groups excluding carboxylic acids is 2. The van der Waals surface area contributed by atoms with Gasteiger partial charge in [-0.2, -0.15) is 4.36 Å². The van der Waals surface area contributed by atoms with E-state index >= 15 is 0 Å². The maximum absolute atomic E-state index is 13.3. The fraction of sp³-hybridized carbons (Fsp3) is 0.818. The third-order valence-corrected chi connectivity index (χ3v) is 9.26. The van der Waals surface area contributed by atoms with E-state index < -0.39 is 9.73 Å². The number of aryl methyl sites for hydroxylation is 1. The Kier molecular flexibility index (Phi) is 7.08. The van der Waals surface area contributed by atoms with Gasteiger partial charge >= 0.3 is 0 Å². The van der Waals surface area contributed by atoms with E-state index in [1.807, 2.05) is 0 Å².